The van der Waals surface area contributed by atoms with Gasteiger partial charge in [0.15, 0.2) is 0 Å². The third-order valence-electron chi connectivity index (χ3n) is 6.28. The van der Waals surface area contributed by atoms with E-state index in [0.29, 0.717) is 23.3 Å². The molecule has 41 heavy (non-hydrogen) atoms. The van der Waals surface area contributed by atoms with Crippen LogP contribution in [0.5, 0.6) is 0 Å². The van der Waals surface area contributed by atoms with Gasteiger partial charge in [0.25, 0.3) is 5.95 Å². The summed E-state index contributed by atoms with van der Waals surface area (Å²) >= 11 is 0. The maximum Gasteiger partial charge on any atom is 0.416 e. The molecule has 0 unspecified atom stereocenters. The van der Waals surface area contributed by atoms with E-state index >= 15 is 0 Å². The number of aryl methyl sites for hydroxylation is 3. The van der Waals surface area contributed by atoms with Crippen LogP contribution in [0.25, 0.3) is 11.1 Å². The first-order valence-electron chi connectivity index (χ1n) is 12.0. The molecule has 0 N–H and O–H groups in total. The zero-order chi connectivity index (χ0) is 30.3. The smallest absolute Gasteiger partial charge is 0.330 e. The fraction of sp³-hybridized carbons (Fsp3) is 0.296. The van der Waals surface area contributed by atoms with Crippen LogP contribution >= 0.6 is 0 Å². The number of nitrogens with zero attached hydrogens (tertiary/aromatic N) is 5. The van der Waals surface area contributed by atoms with Gasteiger partial charge in [-0.25, -0.2) is 0 Å². The van der Waals surface area contributed by atoms with Gasteiger partial charge in [-0.2, -0.15) is 44.3 Å². The fourth-order valence-corrected chi connectivity index (χ4v) is 4.32. The van der Waals surface area contributed by atoms with Gasteiger partial charge in [0.05, 0.1) is 23.7 Å². The van der Waals surface area contributed by atoms with E-state index in [4.69, 9.17) is 0 Å². The highest BCUT2D eigenvalue weighted by molar-refractivity contribution is 5.72. The van der Waals surface area contributed by atoms with E-state index in [1.165, 1.54) is 18.0 Å². The minimum absolute atomic E-state index is 0.000164. The molecule has 14 heteroatoms. The molecule has 0 aliphatic heterocycles. The number of aromatic nitrogens is 4. The number of benzene rings is 3. The molecule has 0 aliphatic rings. The molecule has 0 saturated carbocycles. The summed E-state index contributed by atoms with van der Waals surface area (Å²) in [4.78, 5) is 2.18. The van der Waals surface area contributed by atoms with E-state index < -0.39 is 53.9 Å². The third-order valence-corrected chi connectivity index (χ3v) is 6.28. The molecule has 0 saturated heterocycles. The van der Waals surface area contributed by atoms with E-state index in [9.17, 15) is 39.5 Å². The Morgan fingerprint density at radius 2 is 1.29 bits per heavy atom. The van der Waals surface area contributed by atoms with Crippen molar-refractivity contribution in [2.75, 3.05) is 4.90 Å². The average molecular weight is 587 g/mol. The summed E-state index contributed by atoms with van der Waals surface area (Å²) in [6.07, 6.45) is -14.9. The van der Waals surface area contributed by atoms with Crippen molar-refractivity contribution in [3.05, 3.63) is 93.5 Å². The second kappa shape index (κ2) is 10.7. The minimum Gasteiger partial charge on any atom is -0.330 e. The largest absolute Gasteiger partial charge is 0.416 e. The predicted molar refractivity (Wildman–Crippen MR) is 131 cm³/mol. The molecule has 1 aromatic heterocycles. The lowest BCUT2D eigenvalue weighted by Gasteiger charge is -2.25. The molecule has 4 aromatic rings. The Balaban J connectivity index is 1.87. The molecule has 0 atom stereocenters. The number of anilines is 1. The number of alkyl halides is 9. The zero-order valence-corrected chi connectivity index (χ0v) is 21.7. The second-order valence-corrected chi connectivity index (χ2v) is 9.54. The van der Waals surface area contributed by atoms with Crippen LogP contribution < -0.4 is 4.90 Å². The fourth-order valence-electron chi connectivity index (χ4n) is 4.32. The van der Waals surface area contributed by atoms with Crippen molar-refractivity contribution in [2.45, 2.75) is 45.5 Å². The molecule has 0 aliphatic carbocycles. The first-order chi connectivity index (χ1) is 18.9. The van der Waals surface area contributed by atoms with Gasteiger partial charge in [0, 0.05) is 13.1 Å². The van der Waals surface area contributed by atoms with Gasteiger partial charge in [0.2, 0.25) is 0 Å². The Morgan fingerprint density at radius 3 is 1.83 bits per heavy atom. The standard InChI is InChI=1S/C27H22F9N5/c1-15-4-5-16(2)23(8-15)22-7-6-19(25(28,29)30)11-18(22)14-41(24-37-39-40(3)38-24)13-17-9-20(26(31,32)33)12-21(10-17)27(34,35)36/h4-12H,13-14H2,1-3H3. The summed E-state index contributed by atoms with van der Waals surface area (Å²) in [6, 6.07) is 9.58. The molecule has 0 fully saturated rings. The maximum atomic E-state index is 13.7. The Labute approximate surface area is 228 Å². The molecule has 4 rings (SSSR count). The van der Waals surface area contributed by atoms with Gasteiger partial charge in [-0.3, -0.25) is 0 Å². The van der Waals surface area contributed by atoms with Gasteiger partial charge >= 0.3 is 18.5 Å². The zero-order valence-electron chi connectivity index (χ0n) is 21.7. The lowest BCUT2D eigenvalue weighted by atomic mass is 9.92. The van der Waals surface area contributed by atoms with E-state index in [0.717, 1.165) is 28.1 Å². The highest BCUT2D eigenvalue weighted by Crippen LogP contribution is 2.38. The first kappa shape index (κ1) is 29.9. The van der Waals surface area contributed by atoms with Crippen LogP contribution in [0.2, 0.25) is 0 Å². The Morgan fingerprint density at radius 1 is 0.683 bits per heavy atom. The van der Waals surface area contributed by atoms with E-state index in [-0.39, 0.29) is 17.6 Å². The maximum absolute atomic E-state index is 13.7. The summed E-state index contributed by atoms with van der Waals surface area (Å²) in [5.74, 6) is -0.206. The first-order valence-corrected chi connectivity index (χ1v) is 12.0. The SMILES string of the molecule is Cc1ccc(C)c(-c2ccc(C(F)(F)F)cc2CN(Cc2cc(C(F)(F)F)cc(C(F)(F)F)c2)c2nnn(C)n2)c1. The van der Waals surface area contributed by atoms with Crippen LogP contribution in [0.15, 0.2) is 54.6 Å². The molecular weight excluding hydrogens is 565 g/mol. The predicted octanol–water partition coefficient (Wildman–Crippen LogP) is 7.76. The monoisotopic (exact) mass is 587 g/mol. The molecular formula is C27H22F9N5. The van der Waals surface area contributed by atoms with Crippen molar-refractivity contribution in [3.63, 3.8) is 0 Å². The number of rotatable bonds is 6. The van der Waals surface area contributed by atoms with Crippen molar-refractivity contribution < 1.29 is 39.5 Å². The summed E-state index contributed by atoms with van der Waals surface area (Å²) in [7, 11) is 1.38. The normalized spacial score (nSPS) is 12.6. The molecule has 0 radical (unpaired) electrons. The van der Waals surface area contributed by atoms with Gasteiger partial charge < -0.3 is 4.90 Å². The Kier molecular flexibility index (Phi) is 7.80. The van der Waals surface area contributed by atoms with Crippen LogP contribution in [0.4, 0.5) is 45.5 Å². The van der Waals surface area contributed by atoms with Crippen LogP contribution in [0, 0.1) is 13.8 Å². The van der Waals surface area contributed by atoms with Crippen molar-refractivity contribution >= 4 is 5.95 Å². The highest BCUT2D eigenvalue weighted by Gasteiger charge is 2.37. The van der Waals surface area contributed by atoms with Gasteiger partial charge in [-0.1, -0.05) is 34.9 Å². The summed E-state index contributed by atoms with van der Waals surface area (Å²) < 4.78 is 122. The highest BCUT2D eigenvalue weighted by atomic mass is 19.4. The van der Waals surface area contributed by atoms with Gasteiger partial charge in [0.1, 0.15) is 0 Å². The molecule has 5 nitrogen and oxygen atoms in total. The van der Waals surface area contributed by atoms with Crippen LogP contribution in [0.1, 0.15) is 38.9 Å². The lowest BCUT2D eigenvalue weighted by molar-refractivity contribution is -0.143. The summed E-state index contributed by atoms with van der Waals surface area (Å²) in [6.45, 7) is 2.57. The van der Waals surface area contributed by atoms with E-state index in [1.54, 1.807) is 26.0 Å². The van der Waals surface area contributed by atoms with Gasteiger partial charge in [-0.15, -0.1) is 5.10 Å². The average Bonchev–Trinajstić information content (AvgIpc) is 3.29. The lowest BCUT2D eigenvalue weighted by Crippen LogP contribution is -2.25. The van der Waals surface area contributed by atoms with Crippen molar-refractivity contribution in [2.24, 2.45) is 7.05 Å². The Hall–Kier alpha value is -4.10. The number of tetrazole rings is 1. The number of halogens is 9. The molecule has 3 aromatic carbocycles. The molecule has 0 bridgehead atoms. The van der Waals surface area contributed by atoms with Gasteiger partial charge in [-0.05, 0) is 77.2 Å². The molecule has 1 heterocycles. The van der Waals surface area contributed by atoms with E-state index in [2.05, 4.69) is 15.4 Å². The Bertz CT molecular complexity index is 1520. The van der Waals surface area contributed by atoms with Crippen molar-refractivity contribution in [1.29, 1.82) is 0 Å². The second-order valence-electron chi connectivity index (χ2n) is 9.54. The molecule has 0 spiro atoms. The molecule has 0 amide bonds. The van der Waals surface area contributed by atoms with E-state index in [1.807, 2.05) is 6.07 Å². The number of hydrogen-bond donors (Lipinski definition) is 0. The summed E-state index contributed by atoms with van der Waals surface area (Å²) in [5, 5.41) is 11.5. The molecule has 218 valence electrons. The third kappa shape index (κ3) is 6.98. The topological polar surface area (TPSA) is 46.8 Å². The minimum atomic E-state index is -5.08. The number of hydrogen-bond acceptors (Lipinski definition) is 4. The van der Waals surface area contributed by atoms with Crippen molar-refractivity contribution in [3.8, 4) is 11.1 Å². The van der Waals surface area contributed by atoms with Crippen LogP contribution in [-0.4, -0.2) is 20.2 Å². The van der Waals surface area contributed by atoms with Crippen LogP contribution in [0.3, 0.4) is 0 Å². The summed E-state index contributed by atoms with van der Waals surface area (Å²) in [5.41, 5.74) is -1.75. The van der Waals surface area contributed by atoms with Crippen LogP contribution in [-0.2, 0) is 38.7 Å². The van der Waals surface area contributed by atoms with Crippen molar-refractivity contribution in [1.82, 2.24) is 20.2 Å². The quantitative estimate of drug-likeness (QED) is 0.217.